The van der Waals surface area contributed by atoms with E-state index in [2.05, 4.69) is 32.1 Å². The van der Waals surface area contributed by atoms with Gasteiger partial charge in [-0.05, 0) is 50.7 Å². The summed E-state index contributed by atoms with van der Waals surface area (Å²) in [5, 5.41) is 0. The Kier molecular flexibility index (Phi) is 4.61. The molecule has 0 bridgehead atoms. The van der Waals surface area contributed by atoms with Gasteiger partial charge in [-0.1, -0.05) is 36.6 Å². The summed E-state index contributed by atoms with van der Waals surface area (Å²) in [5.41, 5.74) is 4.25. The molecule has 0 saturated heterocycles. The monoisotopic (exact) mass is 232 g/mol. The van der Waals surface area contributed by atoms with Gasteiger partial charge in [0.15, 0.2) is 0 Å². The second-order valence-corrected chi connectivity index (χ2v) is 5.26. The van der Waals surface area contributed by atoms with Gasteiger partial charge in [-0.3, -0.25) is 0 Å². The Bertz CT molecular complexity index is 341. The molecule has 0 N–H and O–H groups in total. The van der Waals surface area contributed by atoms with E-state index in [4.69, 9.17) is 4.74 Å². The van der Waals surface area contributed by atoms with Gasteiger partial charge >= 0.3 is 0 Å². The Morgan fingerprint density at radius 1 is 1.12 bits per heavy atom. The van der Waals surface area contributed by atoms with Crippen LogP contribution in [0.2, 0.25) is 0 Å². The second-order valence-electron chi connectivity index (χ2n) is 5.26. The van der Waals surface area contributed by atoms with Gasteiger partial charge in [0.25, 0.3) is 0 Å². The van der Waals surface area contributed by atoms with E-state index in [1.54, 1.807) is 0 Å². The zero-order chi connectivity index (χ0) is 12.1. The average Bonchev–Trinajstić information content (AvgIpc) is 2.76. The molecule has 0 aromatic carbocycles. The van der Waals surface area contributed by atoms with Gasteiger partial charge in [0, 0.05) is 0 Å². The first kappa shape index (κ1) is 12.6. The van der Waals surface area contributed by atoms with E-state index >= 15 is 0 Å². The maximum atomic E-state index is 5.92. The molecular weight excluding hydrogens is 208 g/mol. The minimum atomic E-state index is 0.548. The maximum absolute atomic E-state index is 5.92. The SMILES string of the molecule is CC1=CCC=C(CCOC2CCCC2)C=C1C. The first-order chi connectivity index (χ1) is 8.25. The van der Waals surface area contributed by atoms with Crippen molar-refractivity contribution in [2.24, 2.45) is 0 Å². The minimum Gasteiger partial charge on any atom is -0.378 e. The van der Waals surface area contributed by atoms with E-state index in [1.165, 1.54) is 42.4 Å². The van der Waals surface area contributed by atoms with Gasteiger partial charge in [0.2, 0.25) is 0 Å². The zero-order valence-corrected chi connectivity index (χ0v) is 11.2. The Balaban J connectivity index is 1.77. The molecule has 1 saturated carbocycles. The summed E-state index contributed by atoms with van der Waals surface area (Å²) < 4.78 is 5.92. The molecule has 0 atom stereocenters. The highest BCUT2D eigenvalue weighted by atomic mass is 16.5. The molecule has 17 heavy (non-hydrogen) atoms. The van der Waals surface area contributed by atoms with Crippen molar-refractivity contribution >= 4 is 0 Å². The van der Waals surface area contributed by atoms with Crippen LogP contribution < -0.4 is 0 Å². The Morgan fingerprint density at radius 2 is 1.88 bits per heavy atom. The largest absolute Gasteiger partial charge is 0.378 e. The predicted molar refractivity (Wildman–Crippen MR) is 73.0 cm³/mol. The van der Waals surface area contributed by atoms with Crippen molar-refractivity contribution in [3.63, 3.8) is 0 Å². The molecule has 0 radical (unpaired) electrons. The van der Waals surface area contributed by atoms with Gasteiger partial charge in [0.05, 0.1) is 12.7 Å². The van der Waals surface area contributed by atoms with Crippen LogP contribution in [0, 0.1) is 0 Å². The average molecular weight is 232 g/mol. The van der Waals surface area contributed by atoms with Gasteiger partial charge in [-0.2, -0.15) is 0 Å². The smallest absolute Gasteiger partial charge is 0.0575 e. The van der Waals surface area contributed by atoms with Crippen molar-refractivity contribution in [1.82, 2.24) is 0 Å². The first-order valence-electron chi connectivity index (χ1n) is 6.92. The lowest BCUT2D eigenvalue weighted by molar-refractivity contribution is 0.0609. The fraction of sp³-hybridized carbons (Fsp3) is 0.625. The molecule has 0 unspecified atom stereocenters. The summed E-state index contributed by atoms with van der Waals surface area (Å²) in [6, 6.07) is 0. The summed E-state index contributed by atoms with van der Waals surface area (Å²) >= 11 is 0. The summed E-state index contributed by atoms with van der Waals surface area (Å²) in [7, 11) is 0. The van der Waals surface area contributed by atoms with Crippen LogP contribution in [0.3, 0.4) is 0 Å². The third-order valence-corrected chi connectivity index (χ3v) is 3.87. The molecule has 0 heterocycles. The van der Waals surface area contributed by atoms with Crippen molar-refractivity contribution in [3.8, 4) is 0 Å². The molecule has 2 aliphatic rings. The molecule has 1 heteroatoms. The maximum Gasteiger partial charge on any atom is 0.0575 e. The van der Waals surface area contributed by atoms with E-state index < -0.39 is 0 Å². The topological polar surface area (TPSA) is 9.23 Å². The molecule has 1 fully saturated rings. The molecule has 0 aliphatic heterocycles. The molecule has 1 nitrogen and oxygen atoms in total. The molecule has 2 rings (SSSR count). The number of hydrogen-bond donors (Lipinski definition) is 0. The van der Waals surface area contributed by atoms with E-state index in [0.29, 0.717) is 6.10 Å². The lowest BCUT2D eigenvalue weighted by Crippen LogP contribution is -2.08. The minimum absolute atomic E-state index is 0.548. The molecule has 94 valence electrons. The van der Waals surface area contributed by atoms with Crippen molar-refractivity contribution < 1.29 is 4.74 Å². The highest BCUT2D eigenvalue weighted by molar-refractivity contribution is 5.37. The van der Waals surface area contributed by atoms with Crippen LogP contribution in [0.25, 0.3) is 0 Å². The highest BCUT2D eigenvalue weighted by Crippen LogP contribution is 2.23. The summed E-state index contributed by atoms with van der Waals surface area (Å²) in [4.78, 5) is 0. The fourth-order valence-corrected chi connectivity index (χ4v) is 2.57. The summed E-state index contributed by atoms with van der Waals surface area (Å²) in [6.45, 7) is 5.28. The Morgan fingerprint density at radius 3 is 2.65 bits per heavy atom. The van der Waals surface area contributed by atoms with E-state index in [-0.39, 0.29) is 0 Å². The van der Waals surface area contributed by atoms with Gasteiger partial charge in [-0.25, -0.2) is 0 Å². The number of rotatable bonds is 4. The van der Waals surface area contributed by atoms with Gasteiger partial charge < -0.3 is 4.74 Å². The third-order valence-electron chi connectivity index (χ3n) is 3.87. The van der Waals surface area contributed by atoms with Crippen LogP contribution >= 0.6 is 0 Å². The van der Waals surface area contributed by atoms with E-state index in [1.807, 2.05) is 0 Å². The Hall–Kier alpha value is -0.820. The second kappa shape index (κ2) is 6.20. The van der Waals surface area contributed by atoms with Gasteiger partial charge in [0.1, 0.15) is 0 Å². The standard InChI is InChI=1S/C16H24O/c1-13-6-5-7-15(12-14(13)2)10-11-17-16-8-3-4-9-16/h6-7,12,16H,3-5,8-11H2,1-2H3. The molecule has 0 aromatic rings. The fourth-order valence-electron chi connectivity index (χ4n) is 2.57. The number of allylic oxidation sites excluding steroid dienone is 5. The van der Waals surface area contributed by atoms with Gasteiger partial charge in [-0.15, -0.1) is 0 Å². The lowest BCUT2D eigenvalue weighted by Gasteiger charge is -2.11. The summed E-state index contributed by atoms with van der Waals surface area (Å²) in [5.74, 6) is 0. The van der Waals surface area contributed by atoms with Crippen molar-refractivity contribution in [3.05, 3.63) is 34.9 Å². The number of ether oxygens (including phenoxy) is 1. The normalized spacial score (nSPS) is 21.9. The van der Waals surface area contributed by atoms with Crippen LogP contribution in [0.4, 0.5) is 0 Å². The van der Waals surface area contributed by atoms with Crippen LogP contribution in [-0.2, 0) is 4.74 Å². The molecule has 0 aromatic heterocycles. The molecule has 2 aliphatic carbocycles. The molecular formula is C16H24O. The van der Waals surface area contributed by atoms with E-state index in [9.17, 15) is 0 Å². The quantitative estimate of drug-likeness (QED) is 0.690. The van der Waals surface area contributed by atoms with Crippen molar-refractivity contribution in [2.45, 2.75) is 58.5 Å². The zero-order valence-electron chi connectivity index (χ0n) is 11.2. The molecule has 0 amide bonds. The van der Waals surface area contributed by atoms with E-state index in [0.717, 1.165) is 19.4 Å². The lowest BCUT2D eigenvalue weighted by atomic mass is 10.1. The molecule has 0 spiro atoms. The van der Waals surface area contributed by atoms with Crippen LogP contribution in [0.5, 0.6) is 0 Å². The van der Waals surface area contributed by atoms with Crippen LogP contribution in [0.1, 0.15) is 52.4 Å². The van der Waals surface area contributed by atoms with Crippen molar-refractivity contribution in [1.29, 1.82) is 0 Å². The first-order valence-corrected chi connectivity index (χ1v) is 6.92. The van der Waals surface area contributed by atoms with Crippen LogP contribution in [-0.4, -0.2) is 12.7 Å². The summed E-state index contributed by atoms with van der Waals surface area (Å²) in [6.07, 6.45) is 14.9. The number of hydrogen-bond acceptors (Lipinski definition) is 1. The highest BCUT2D eigenvalue weighted by Gasteiger charge is 2.14. The third kappa shape index (κ3) is 3.85. The van der Waals surface area contributed by atoms with Crippen LogP contribution in [0.15, 0.2) is 34.9 Å². The van der Waals surface area contributed by atoms with Crippen molar-refractivity contribution in [2.75, 3.05) is 6.61 Å². The Labute approximate surface area is 105 Å². The predicted octanol–water partition coefficient (Wildman–Crippen LogP) is 4.56.